The monoisotopic (exact) mass is 523 g/mol. The second kappa shape index (κ2) is 11.4. The van der Waals surface area contributed by atoms with Gasteiger partial charge in [0.05, 0.1) is 6.54 Å². The SMILES string of the molecule is CCNC(=NCc1ccc(N2CCC(C)CC2)cc1)N1CCC(N2CC=CC2)C1.I. The van der Waals surface area contributed by atoms with Gasteiger partial charge < -0.3 is 15.1 Å². The third-order valence-electron chi connectivity index (χ3n) is 6.66. The van der Waals surface area contributed by atoms with Crippen LogP contribution in [0.25, 0.3) is 0 Å². The van der Waals surface area contributed by atoms with Gasteiger partial charge in [0.1, 0.15) is 0 Å². The Balaban J connectivity index is 0.00000256. The number of guanidine groups is 1. The maximum absolute atomic E-state index is 4.96. The molecule has 4 rings (SSSR count). The molecule has 0 aromatic heterocycles. The summed E-state index contributed by atoms with van der Waals surface area (Å²) in [6.07, 6.45) is 8.42. The van der Waals surface area contributed by atoms with E-state index in [2.05, 4.69) is 70.3 Å². The first kappa shape index (κ1) is 23.4. The molecule has 0 radical (unpaired) electrons. The zero-order chi connectivity index (χ0) is 20.1. The molecule has 1 atom stereocenters. The zero-order valence-electron chi connectivity index (χ0n) is 18.6. The van der Waals surface area contributed by atoms with Crippen LogP contribution in [0.2, 0.25) is 0 Å². The van der Waals surface area contributed by atoms with Crippen LogP contribution >= 0.6 is 24.0 Å². The summed E-state index contributed by atoms with van der Waals surface area (Å²) >= 11 is 0. The molecular weight excluding hydrogens is 485 g/mol. The molecule has 2 saturated heterocycles. The summed E-state index contributed by atoms with van der Waals surface area (Å²) in [5, 5.41) is 3.51. The lowest BCUT2D eigenvalue weighted by Crippen LogP contribution is -2.42. The second-order valence-electron chi connectivity index (χ2n) is 8.82. The molecule has 1 aromatic carbocycles. The average molecular weight is 524 g/mol. The fourth-order valence-electron chi connectivity index (χ4n) is 4.70. The Labute approximate surface area is 199 Å². The van der Waals surface area contributed by atoms with Crippen molar-refractivity contribution in [3.05, 3.63) is 42.0 Å². The van der Waals surface area contributed by atoms with Crippen LogP contribution in [0.15, 0.2) is 41.4 Å². The number of benzene rings is 1. The van der Waals surface area contributed by atoms with Crippen molar-refractivity contribution in [3.8, 4) is 0 Å². The van der Waals surface area contributed by atoms with E-state index in [1.807, 2.05) is 0 Å². The molecule has 0 amide bonds. The highest BCUT2D eigenvalue weighted by Crippen LogP contribution is 2.23. The first-order valence-electron chi connectivity index (χ1n) is 11.5. The molecule has 166 valence electrons. The predicted octanol–water partition coefficient (Wildman–Crippen LogP) is 3.95. The molecule has 3 aliphatic rings. The first-order valence-corrected chi connectivity index (χ1v) is 11.5. The Bertz CT molecular complexity index is 701. The third kappa shape index (κ3) is 5.90. The third-order valence-corrected chi connectivity index (χ3v) is 6.66. The highest BCUT2D eigenvalue weighted by molar-refractivity contribution is 14.0. The maximum Gasteiger partial charge on any atom is 0.194 e. The fourth-order valence-corrected chi connectivity index (χ4v) is 4.70. The van der Waals surface area contributed by atoms with E-state index in [0.717, 1.165) is 51.1 Å². The lowest BCUT2D eigenvalue weighted by atomic mass is 9.99. The predicted molar refractivity (Wildman–Crippen MR) is 138 cm³/mol. The fraction of sp³-hybridized carbons (Fsp3) is 0.625. The largest absolute Gasteiger partial charge is 0.372 e. The number of halogens is 1. The van der Waals surface area contributed by atoms with Gasteiger partial charge in [0.25, 0.3) is 0 Å². The molecule has 0 aliphatic carbocycles. The molecule has 5 nitrogen and oxygen atoms in total. The standard InChI is InChI=1S/C24H37N5.HI/c1-3-25-24(29-17-12-23(19-29)27-13-4-5-14-27)26-18-21-6-8-22(9-7-21)28-15-10-20(2)11-16-28;/h4-9,20,23H,3,10-19H2,1-2H3,(H,25,26);1H. The van der Waals surface area contributed by atoms with Crippen molar-refractivity contribution in [2.75, 3.05) is 50.7 Å². The smallest absolute Gasteiger partial charge is 0.194 e. The number of likely N-dealkylation sites (tertiary alicyclic amines) is 1. The number of hydrogen-bond donors (Lipinski definition) is 1. The van der Waals surface area contributed by atoms with Crippen molar-refractivity contribution in [2.45, 2.75) is 45.7 Å². The Hall–Kier alpha value is -1.28. The van der Waals surface area contributed by atoms with E-state index in [1.165, 1.54) is 43.6 Å². The summed E-state index contributed by atoms with van der Waals surface area (Å²) in [4.78, 5) is 12.5. The Morgan fingerprint density at radius 3 is 2.40 bits per heavy atom. The number of aliphatic imine (C=N–C) groups is 1. The van der Waals surface area contributed by atoms with Gasteiger partial charge >= 0.3 is 0 Å². The van der Waals surface area contributed by atoms with Crippen LogP contribution in [0.4, 0.5) is 5.69 Å². The number of hydrogen-bond acceptors (Lipinski definition) is 3. The molecule has 6 heteroatoms. The molecule has 3 aliphatic heterocycles. The van der Waals surface area contributed by atoms with E-state index < -0.39 is 0 Å². The van der Waals surface area contributed by atoms with Gasteiger partial charge in [0.15, 0.2) is 5.96 Å². The number of nitrogens with zero attached hydrogens (tertiary/aromatic N) is 4. The van der Waals surface area contributed by atoms with E-state index in [0.29, 0.717) is 6.04 Å². The van der Waals surface area contributed by atoms with Crippen LogP contribution in [0, 0.1) is 5.92 Å². The van der Waals surface area contributed by atoms with Gasteiger partial charge in [-0.1, -0.05) is 31.2 Å². The molecule has 1 unspecified atom stereocenters. The van der Waals surface area contributed by atoms with E-state index >= 15 is 0 Å². The van der Waals surface area contributed by atoms with Gasteiger partial charge in [-0.05, 0) is 49.8 Å². The van der Waals surface area contributed by atoms with Crippen molar-refractivity contribution >= 4 is 35.6 Å². The molecule has 0 spiro atoms. The van der Waals surface area contributed by atoms with Crippen LogP contribution in [0.3, 0.4) is 0 Å². The zero-order valence-corrected chi connectivity index (χ0v) is 20.9. The van der Waals surface area contributed by atoms with Crippen LogP contribution in [-0.4, -0.2) is 67.6 Å². The molecule has 30 heavy (non-hydrogen) atoms. The summed E-state index contributed by atoms with van der Waals surface area (Å²) in [7, 11) is 0. The molecular formula is C24H38IN5. The van der Waals surface area contributed by atoms with Gasteiger partial charge in [-0.3, -0.25) is 4.90 Å². The van der Waals surface area contributed by atoms with Gasteiger partial charge in [-0.25, -0.2) is 4.99 Å². The molecule has 2 fully saturated rings. The molecule has 3 heterocycles. The summed E-state index contributed by atoms with van der Waals surface area (Å²) in [6.45, 7) is 12.9. The van der Waals surface area contributed by atoms with Crippen molar-refractivity contribution in [2.24, 2.45) is 10.9 Å². The Morgan fingerprint density at radius 2 is 1.73 bits per heavy atom. The number of rotatable bonds is 5. The topological polar surface area (TPSA) is 34.1 Å². The average Bonchev–Trinajstić information content (AvgIpc) is 3.44. The molecule has 0 bridgehead atoms. The van der Waals surface area contributed by atoms with Crippen LogP contribution < -0.4 is 10.2 Å². The number of anilines is 1. The minimum absolute atomic E-state index is 0. The normalized spacial score (nSPS) is 23.1. The van der Waals surface area contributed by atoms with Crippen molar-refractivity contribution in [1.29, 1.82) is 0 Å². The van der Waals surface area contributed by atoms with Crippen molar-refractivity contribution < 1.29 is 0 Å². The van der Waals surface area contributed by atoms with Crippen LogP contribution in [-0.2, 0) is 6.54 Å². The van der Waals surface area contributed by atoms with Crippen LogP contribution in [0.1, 0.15) is 38.7 Å². The molecule has 0 saturated carbocycles. The summed E-state index contributed by atoms with van der Waals surface area (Å²) in [5.41, 5.74) is 2.65. The van der Waals surface area contributed by atoms with Gasteiger partial charge in [-0.2, -0.15) is 0 Å². The summed E-state index contributed by atoms with van der Waals surface area (Å²) in [5.74, 6) is 1.94. The van der Waals surface area contributed by atoms with Gasteiger partial charge in [0, 0.05) is 57.5 Å². The summed E-state index contributed by atoms with van der Waals surface area (Å²) < 4.78 is 0. The number of piperidine rings is 1. The lowest BCUT2D eigenvalue weighted by molar-refractivity contribution is 0.259. The second-order valence-corrected chi connectivity index (χ2v) is 8.82. The molecule has 1 aromatic rings. The molecule has 1 N–H and O–H groups in total. The number of nitrogens with one attached hydrogen (secondary N) is 1. The Morgan fingerprint density at radius 1 is 1.03 bits per heavy atom. The van der Waals surface area contributed by atoms with Gasteiger partial charge in [-0.15, -0.1) is 24.0 Å². The lowest BCUT2D eigenvalue weighted by Gasteiger charge is -2.32. The minimum atomic E-state index is 0. The maximum atomic E-state index is 4.96. The van der Waals surface area contributed by atoms with Gasteiger partial charge in [0.2, 0.25) is 0 Å². The van der Waals surface area contributed by atoms with Crippen LogP contribution in [0.5, 0.6) is 0 Å². The highest BCUT2D eigenvalue weighted by atomic mass is 127. The van der Waals surface area contributed by atoms with E-state index in [9.17, 15) is 0 Å². The minimum Gasteiger partial charge on any atom is -0.372 e. The van der Waals surface area contributed by atoms with Crippen molar-refractivity contribution in [1.82, 2.24) is 15.1 Å². The van der Waals surface area contributed by atoms with E-state index in [-0.39, 0.29) is 24.0 Å². The first-order chi connectivity index (χ1) is 14.2. The quantitative estimate of drug-likeness (QED) is 0.274. The van der Waals surface area contributed by atoms with E-state index in [4.69, 9.17) is 4.99 Å². The highest BCUT2D eigenvalue weighted by Gasteiger charge is 2.29. The van der Waals surface area contributed by atoms with Crippen molar-refractivity contribution in [3.63, 3.8) is 0 Å². The van der Waals surface area contributed by atoms with E-state index in [1.54, 1.807) is 0 Å². The Kier molecular flexibility index (Phi) is 8.86. The summed E-state index contributed by atoms with van der Waals surface area (Å²) in [6, 6.07) is 9.71.